The van der Waals surface area contributed by atoms with Gasteiger partial charge in [0, 0.05) is 44.1 Å². The van der Waals surface area contributed by atoms with Gasteiger partial charge >= 0.3 is 6.03 Å². The molecule has 1 saturated heterocycles. The van der Waals surface area contributed by atoms with Crippen LogP contribution in [0.15, 0.2) is 24.3 Å². The summed E-state index contributed by atoms with van der Waals surface area (Å²) in [5, 5.41) is 3.05. The van der Waals surface area contributed by atoms with Gasteiger partial charge in [0.25, 0.3) is 0 Å². The molecule has 1 aliphatic heterocycles. The maximum atomic E-state index is 12.5. The normalized spacial score (nSPS) is 17.6. The Morgan fingerprint density at radius 1 is 1.38 bits per heavy atom. The van der Waals surface area contributed by atoms with Crippen molar-refractivity contribution in [3.8, 4) is 0 Å². The van der Waals surface area contributed by atoms with Crippen LogP contribution in [0.25, 0.3) is 0 Å². The van der Waals surface area contributed by atoms with E-state index in [-0.39, 0.29) is 6.03 Å². The first-order valence-corrected chi connectivity index (χ1v) is 8.98. The highest BCUT2D eigenvalue weighted by Crippen LogP contribution is 2.22. The Kier molecular flexibility index (Phi) is 6.49. The molecule has 1 fully saturated rings. The maximum absolute atomic E-state index is 12.5. The fourth-order valence-electron chi connectivity index (χ4n) is 3.04. The zero-order valence-corrected chi connectivity index (χ0v) is 15.7. The van der Waals surface area contributed by atoms with E-state index in [1.807, 2.05) is 23.1 Å². The number of anilines is 2. The van der Waals surface area contributed by atoms with E-state index < -0.39 is 0 Å². The SMILES string of the molecule is CCN(C)C[C@@H]1CCN(C(=O)Nc2cccc(N(C)C(C)C)c2)C1. The second-order valence-corrected chi connectivity index (χ2v) is 7.14. The number of nitrogens with zero attached hydrogens (tertiary/aromatic N) is 3. The van der Waals surface area contributed by atoms with Crippen LogP contribution in [0.1, 0.15) is 27.2 Å². The van der Waals surface area contributed by atoms with Gasteiger partial charge in [0.05, 0.1) is 0 Å². The third-order valence-corrected chi connectivity index (χ3v) is 4.96. The molecule has 1 N–H and O–H groups in total. The van der Waals surface area contributed by atoms with E-state index in [4.69, 9.17) is 0 Å². The zero-order valence-electron chi connectivity index (χ0n) is 15.7. The number of urea groups is 1. The molecule has 2 amide bonds. The highest BCUT2D eigenvalue weighted by molar-refractivity contribution is 5.90. The number of likely N-dealkylation sites (tertiary alicyclic amines) is 1. The summed E-state index contributed by atoms with van der Waals surface area (Å²) in [6, 6.07) is 8.49. The third-order valence-electron chi connectivity index (χ3n) is 4.96. The van der Waals surface area contributed by atoms with E-state index in [2.05, 4.69) is 56.0 Å². The molecule has 2 rings (SSSR count). The van der Waals surface area contributed by atoms with E-state index in [0.29, 0.717) is 12.0 Å². The van der Waals surface area contributed by atoms with Crippen LogP contribution in [-0.4, -0.2) is 62.1 Å². The molecule has 0 unspecified atom stereocenters. The van der Waals surface area contributed by atoms with Crippen molar-refractivity contribution in [3.63, 3.8) is 0 Å². The van der Waals surface area contributed by atoms with E-state index >= 15 is 0 Å². The topological polar surface area (TPSA) is 38.8 Å². The predicted molar refractivity (Wildman–Crippen MR) is 102 cm³/mol. The molecule has 0 radical (unpaired) electrons. The fourth-order valence-corrected chi connectivity index (χ4v) is 3.04. The van der Waals surface area contributed by atoms with Crippen LogP contribution >= 0.6 is 0 Å². The second-order valence-electron chi connectivity index (χ2n) is 7.14. The number of carbonyl (C=O) groups is 1. The standard InChI is InChI=1S/C19H32N4O/c1-6-21(4)13-16-10-11-23(14-16)19(24)20-17-8-7-9-18(12-17)22(5)15(2)3/h7-9,12,15-16H,6,10-11,13-14H2,1-5H3,(H,20,24)/t16-/m0/s1. The molecule has 24 heavy (non-hydrogen) atoms. The van der Waals surface area contributed by atoms with Crippen molar-refractivity contribution in [2.75, 3.05) is 50.5 Å². The molecule has 1 aliphatic rings. The summed E-state index contributed by atoms with van der Waals surface area (Å²) < 4.78 is 0. The molecule has 1 heterocycles. The molecule has 1 atom stereocenters. The van der Waals surface area contributed by atoms with Crippen LogP contribution in [-0.2, 0) is 0 Å². The van der Waals surface area contributed by atoms with Gasteiger partial charge in [-0.05, 0) is 58.0 Å². The fraction of sp³-hybridized carbons (Fsp3) is 0.632. The molecule has 0 saturated carbocycles. The average molecular weight is 332 g/mol. The predicted octanol–water partition coefficient (Wildman–Crippen LogP) is 3.34. The Morgan fingerprint density at radius 2 is 2.12 bits per heavy atom. The molecule has 0 aromatic heterocycles. The zero-order chi connectivity index (χ0) is 17.7. The molecule has 5 nitrogen and oxygen atoms in total. The van der Waals surface area contributed by atoms with Crippen LogP contribution in [0.4, 0.5) is 16.2 Å². The minimum absolute atomic E-state index is 0.0148. The van der Waals surface area contributed by atoms with Crippen molar-refractivity contribution in [1.29, 1.82) is 0 Å². The Balaban J connectivity index is 1.92. The van der Waals surface area contributed by atoms with Crippen LogP contribution in [0, 0.1) is 5.92 Å². The first kappa shape index (κ1) is 18.6. The lowest BCUT2D eigenvalue weighted by molar-refractivity contribution is 0.218. The molecular formula is C19H32N4O. The maximum Gasteiger partial charge on any atom is 0.321 e. The second kappa shape index (κ2) is 8.38. The van der Waals surface area contributed by atoms with Gasteiger partial charge in [0.15, 0.2) is 0 Å². The van der Waals surface area contributed by atoms with E-state index in [1.54, 1.807) is 0 Å². The van der Waals surface area contributed by atoms with Crippen molar-refractivity contribution in [2.45, 2.75) is 33.2 Å². The van der Waals surface area contributed by atoms with Gasteiger partial charge < -0.3 is 20.0 Å². The summed E-state index contributed by atoms with van der Waals surface area (Å²) >= 11 is 0. The number of hydrogen-bond donors (Lipinski definition) is 1. The Hall–Kier alpha value is -1.75. The van der Waals surface area contributed by atoms with Crippen molar-refractivity contribution >= 4 is 17.4 Å². The van der Waals surface area contributed by atoms with Gasteiger partial charge in [-0.2, -0.15) is 0 Å². The summed E-state index contributed by atoms with van der Waals surface area (Å²) in [4.78, 5) is 19.0. The summed E-state index contributed by atoms with van der Waals surface area (Å²) in [5.41, 5.74) is 1.98. The summed E-state index contributed by atoms with van der Waals surface area (Å²) in [6.07, 6.45) is 1.09. The molecule has 0 spiro atoms. The number of hydrogen-bond acceptors (Lipinski definition) is 3. The van der Waals surface area contributed by atoms with Crippen molar-refractivity contribution in [3.05, 3.63) is 24.3 Å². The lowest BCUT2D eigenvalue weighted by Crippen LogP contribution is -2.34. The van der Waals surface area contributed by atoms with Crippen molar-refractivity contribution in [1.82, 2.24) is 9.80 Å². The minimum Gasteiger partial charge on any atom is -0.372 e. The van der Waals surface area contributed by atoms with E-state index in [1.165, 1.54) is 0 Å². The first-order chi connectivity index (χ1) is 11.4. The molecule has 0 bridgehead atoms. The number of benzene rings is 1. The summed E-state index contributed by atoms with van der Waals surface area (Å²) in [5.74, 6) is 0.583. The molecule has 1 aromatic rings. The van der Waals surface area contributed by atoms with E-state index in [0.717, 1.165) is 44.0 Å². The van der Waals surface area contributed by atoms with Crippen LogP contribution < -0.4 is 10.2 Å². The Morgan fingerprint density at radius 3 is 2.79 bits per heavy atom. The molecular weight excluding hydrogens is 300 g/mol. The number of nitrogens with one attached hydrogen (secondary N) is 1. The molecule has 0 aliphatic carbocycles. The Bertz CT molecular complexity index is 546. The quantitative estimate of drug-likeness (QED) is 0.868. The van der Waals surface area contributed by atoms with Gasteiger partial charge in [-0.15, -0.1) is 0 Å². The van der Waals surface area contributed by atoms with Gasteiger partial charge in [-0.25, -0.2) is 4.79 Å². The van der Waals surface area contributed by atoms with Gasteiger partial charge in [0.2, 0.25) is 0 Å². The summed E-state index contributed by atoms with van der Waals surface area (Å²) in [6.45, 7) is 10.3. The monoisotopic (exact) mass is 332 g/mol. The number of rotatable bonds is 6. The molecule has 1 aromatic carbocycles. The van der Waals surface area contributed by atoms with Gasteiger partial charge in [-0.1, -0.05) is 13.0 Å². The van der Waals surface area contributed by atoms with Crippen LogP contribution in [0.3, 0.4) is 0 Å². The average Bonchev–Trinajstić information content (AvgIpc) is 3.02. The van der Waals surface area contributed by atoms with Crippen LogP contribution in [0.5, 0.6) is 0 Å². The first-order valence-electron chi connectivity index (χ1n) is 8.98. The lowest BCUT2D eigenvalue weighted by atomic mass is 10.1. The molecule has 5 heteroatoms. The number of amides is 2. The summed E-state index contributed by atoms with van der Waals surface area (Å²) in [7, 11) is 4.21. The Labute approximate surface area is 146 Å². The smallest absolute Gasteiger partial charge is 0.321 e. The van der Waals surface area contributed by atoms with Crippen molar-refractivity contribution in [2.24, 2.45) is 5.92 Å². The largest absolute Gasteiger partial charge is 0.372 e. The number of carbonyl (C=O) groups excluding carboxylic acids is 1. The van der Waals surface area contributed by atoms with Gasteiger partial charge in [0.1, 0.15) is 0 Å². The molecule has 134 valence electrons. The minimum atomic E-state index is 0.0148. The highest BCUT2D eigenvalue weighted by Gasteiger charge is 2.26. The third kappa shape index (κ3) is 4.87. The highest BCUT2D eigenvalue weighted by atomic mass is 16.2. The lowest BCUT2D eigenvalue weighted by Gasteiger charge is -2.24. The van der Waals surface area contributed by atoms with E-state index in [9.17, 15) is 4.79 Å². The van der Waals surface area contributed by atoms with Crippen molar-refractivity contribution < 1.29 is 4.79 Å². The van der Waals surface area contributed by atoms with Crippen LogP contribution in [0.2, 0.25) is 0 Å². The van der Waals surface area contributed by atoms with Gasteiger partial charge in [-0.3, -0.25) is 0 Å².